The maximum absolute atomic E-state index is 10.7. The number of hydrogen-bond donors (Lipinski definition) is 0. The molecule has 0 spiro atoms. The van der Waals surface area contributed by atoms with Gasteiger partial charge in [-0.25, -0.2) is 15.0 Å². The molecule has 0 unspecified atom stereocenters. The highest BCUT2D eigenvalue weighted by Gasteiger charge is 2.27. The van der Waals surface area contributed by atoms with Crippen LogP contribution >= 0.6 is 0 Å². The van der Waals surface area contributed by atoms with Gasteiger partial charge >= 0.3 is 0 Å². The summed E-state index contributed by atoms with van der Waals surface area (Å²) in [5.74, 6) is 1.78. The topological polar surface area (TPSA) is 72.3 Å². The summed E-state index contributed by atoms with van der Waals surface area (Å²) < 4.78 is 4.83. The monoisotopic (exact) mass is 965 g/mol. The molecule has 74 heavy (non-hydrogen) atoms. The zero-order valence-electron chi connectivity index (χ0n) is 44.8. The maximum Gasteiger partial charge on any atom is 0.164 e. The summed E-state index contributed by atoms with van der Waals surface area (Å²) in [4.78, 5) is 15.6. The molecule has 0 amide bonds. The highest BCUT2D eigenvalue weighted by molar-refractivity contribution is 6.12. The second kappa shape index (κ2) is 17.5. The zero-order valence-corrected chi connectivity index (χ0v) is 44.8. The second-order valence-corrected chi connectivity index (χ2v) is 24.2. The molecule has 3 aromatic heterocycles. The molecule has 6 heteroatoms. The van der Waals surface area contributed by atoms with Crippen molar-refractivity contribution in [3.05, 3.63) is 198 Å². The number of rotatable bonds is 6. The predicted molar refractivity (Wildman–Crippen MR) is 310 cm³/mol. The van der Waals surface area contributed by atoms with Gasteiger partial charge in [-0.3, -0.25) is 0 Å². The highest BCUT2D eigenvalue weighted by Crippen LogP contribution is 2.45. The van der Waals surface area contributed by atoms with E-state index in [0.29, 0.717) is 23.0 Å². The molecule has 8 aromatic carbocycles. The Morgan fingerprint density at radius 2 is 0.662 bits per heavy atom. The number of aromatic nitrogens is 5. The Labute approximate surface area is 436 Å². The van der Waals surface area contributed by atoms with Gasteiger partial charge in [0.2, 0.25) is 0 Å². The lowest BCUT2D eigenvalue weighted by Crippen LogP contribution is -2.10. The average Bonchev–Trinajstić information content (AvgIpc) is 3.89. The summed E-state index contributed by atoms with van der Waals surface area (Å²) in [5.41, 5.74) is 16.3. The molecule has 11 aromatic rings. The first-order chi connectivity index (χ1) is 35.2. The molecule has 0 atom stereocenters. The molecule has 366 valence electrons. The van der Waals surface area contributed by atoms with E-state index in [4.69, 9.17) is 15.0 Å². The zero-order chi connectivity index (χ0) is 52.1. The molecule has 0 fully saturated rings. The first kappa shape index (κ1) is 48.1. The van der Waals surface area contributed by atoms with E-state index < -0.39 is 0 Å². The first-order valence-electron chi connectivity index (χ1n) is 25.9. The molecule has 0 saturated carbocycles. The molecule has 0 aliphatic carbocycles. The quantitative estimate of drug-likeness (QED) is 0.166. The lowest BCUT2D eigenvalue weighted by molar-refractivity contribution is 0.590. The van der Waals surface area contributed by atoms with Gasteiger partial charge in [-0.2, -0.15) is 5.26 Å². The van der Waals surface area contributed by atoms with E-state index >= 15 is 0 Å². The van der Waals surface area contributed by atoms with E-state index in [1.807, 2.05) is 66.7 Å². The molecule has 0 N–H and O–H groups in total. The third-order valence-electron chi connectivity index (χ3n) is 14.8. The Morgan fingerprint density at radius 3 is 1.00 bits per heavy atom. The van der Waals surface area contributed by atoms with Crippen molar-refractivity contribution in [2.75, 3.05) is 0 Å². The van der Waals surface area contributed by atoms with Crippen LogP contribution in [0.5, 0.6) is 0 Å². The van der Waals surface area contributed by atoms with Gasteiger partial charge in [0.25, 0.3) is 0 Å². The average molecular weight is 965 g/mol. The van der Waals surface area contributed by atoms with Crippen molar-refractivity contribution < 1.29 is 0 Å². The van der Waals surface area contributed by atoms with Crippen LogP contribution in [0.25, 0.3) is 100 Å². The number of nitriles is 1. The van der Waals surface area contributed by atoms with Gasteiger partial charge in [-0.15, -0.1) is 0 Å². The summed E-state index contributed by atoms with van der Waals surface area (Å²) >= 11 is 0. The molecule has 0 bridgehead atoms. The summed E-state index contributed by atoms with van der Waals surface area (Å²) in [5, 5.41) is 15.5. The van der Waals surface area contributed by atoms with Crippen molar-refractivity contribution in [3.63, 3.8) is 0 Å². The van der Waals surface area contributed by atoms with E-state index in [-0.39, 0.29) is 21.7 Å². The fourth-order valence-electron chi connectivity index (χ4n) is 10.5. The SMILES string of the molecule is CC(C)(C)c1ccc2c(c1)c1cc(C(C)(C)C)ccc1n2-c1cc(C#N)ccc1-c1ccc(-c2nc(-c3ccccc3)nc(-c3ccccc3)n2)cc1-n1c2ccc(C(C)(C)C)cc2c2cc(C(C)(C)C)ccc21. The van der Waals surface area contributed by atoms with E-state index in [1.54, 1.807) is 0 Å². The Morgan fingerprint density at radius 1 is 0.338 bits per heavy atom. The van der Waals surface area contributed by atoms with Crippen LogP contribution in [0.3, 0.4) is 0 Å². The van der Waals surface area contributed by atoms with Crippen LogP contribution in [-0.4, -0.2) is 24.1 Å². The second-order valence-electron chi connectivity index (χ2n) is 24.2. The van der Waals surface area contributed by atoms with Crippen molar-refractivity contribution in [2.24, 2.45) is 0 Å². The minimum Gasteiger partial charge on any atom is -0.309 e. The highest BCUT2D eigenvalue weighted by atomic mass is 15.0. The number of fused-ring (bicyclic) bond motifs is 6. The third-order valence-corrected chi connectivity index (χ3v) is 14.8. The van der Waals surface area contributed by atoms with Crippen molar-refractivity contribution >= 4 is 43.6 Å². The molecule has 0 radical (unpaired) electrons. The Bertz CT molecular complexity index is 3840. The van der Waals surface area contributed by atoms with Gasteiger partial charge < -0.3 is 9.13 Å². The van der Waals surface area contributed by atoms with E-state index in [2.05, 4.69) is 201 Å². The van der Waals surface area contributed by atoms with Gasteiger partial charge in [-0.1, -0.05) is 186 Å². The van der Waals surface area contributed by atoms with Crippen LogP contribution < -0.4 is 0 Å². The van der Waals surface area contributed by atoms with Crippen LogP contribution in [0.1, 0.15) is 111 Å². The number of hydrogen-bond acceptors (Lipinski definition) is 4. The third kappa shape index (κ3) is 8.54. The van der Waals surface area contributed by atoms with Crippen LogP contribution in [0.4, 0.5) is 0 Å². The fourth-order valence-corrected chi connectivity index (χ4v) is 10.5. The van der Waals surface area contributed by atoms with Gasteiger partial charge in [-0.05, 0) is 111 Å². The van der Waals surface area contributed by atoms with Crippen molar-refractivity contribution in [1.82, 2.24) is 24.1 Å². The summed E-state index contributed by atoms with van der Waals surface area (Å²) in [6.07, 6.45) is 0. The number of benzene rings is 8. The standard InChI is InChI=1S/C68H64N6/c1-65(2,3)46-25-31-56-52(37-46)53-38-47(66(4,5)6)26-32-57(53)73(56)60-35-42(41-69)23-29-50(60)51-30-24-45(64-71-62(43-19-15-13-16-20-43)70-63(72-64)44-21-17-14-18-22-44)36-61(51)74-58-33-27-48(67(7,8)9)39-54(58)55-40-49(68(10,11)12)28-34-59(55)74/h13-40H,1-12H3. The smallest absolute Gasteiger partial charge is 0.164 e. The van der Waals surface area contributed by atoms with Gasteiger partial charge in [0, 0.05) is 49.4 Å². The van der Waals surface area contributed by atoms with Crippen LogP contribution in [0, 0.1) is 11.3 Å². The maximum atomic E-state index is 10.7. The Hall–Kier alpha value is -8.14. The van der Waals surface area contributed by atoms with E-state index in [1.165, 1.54) is 43.8 Å². The lowest BCUT2D eigenvalue weighted by atomic mass is 9.85. The van der Waals surface area contributed by atoms with Crippen molar-refractivity contribution in [3.8, 4) is 62.7 Å². The van der Waals surface area contributed by atoms with E-state index in [9.17, 15) is 5.26 Å². The minimum absolute atomic E-state index is 0.0569. The van der Waals surface area contributed by atoms with Crippen molar-refractivity contribution in [2.45, 2.75) is 105 Å². The Kier molecular flexibility index (Phi) is 11.4. The molecule has 3 heterocycles. The summed E-state index contributed by atoms with van der Waals surface area (Å²) in [6.45, 7) is 27.4. The van der Waals surface area contributed by atoms with Gasteiger partial charge in [0.05, 0.1) is 45.1 Å². The summed E-state index contributed by atoms with van der Waals surface area (Å²) in [7, 11) is 0. The molecular formula is C68H64N6. The van der Waals surface area contributed by atoms with Crippen LogP contribution in [0.2, 0.25) is 0 Å². The van der Waals surface area contributed by atoms with Gasteiger partial charge in [0.1, 0.15) is 0 Å². The molecule has 0 aliphatic heterocycles. The fraction of sp³-hybridized carbons (Fsp3) is 0.235. The van der Waals surface area contributed by atoms with Crippen LogP contribution in [0.15, 0.2) is 170 Å². The largest absolute Gasteiger partial charge is 0.309 e. The minimum atomic E-state index is -0.0675. The van der Waals surface area contributed by atoms with Crippen LogP contribution in [-0.2, 0) is 21.7 Å². The Balaban J connectivity index is 1.26. The molecule has 0 aliphatic rings. The molecule has 11 rings (SSSR count). The normalized spacial score (nSPS) is 12.6. The number of nitrogens with zero attached hydrogens (tertiary/aromatic N) is 6. The van der Waals surface area contributed by atoms with E-state index in [0.717, 1.165) is 61.3 Å². The van der Waals surface area contributed by atoms with Crippen molar-refractivity contribution in [1.29, 1.82) is 5.26 Å². The van der Waals surface area contributed by atoms with Gasteiger partial charge in [0.15, 0.2) is 17.5 Å². The molecule has 6 nitrogen and oxygen atoms in total. The molecule has 0 saturated heterocycles. The molecular weight excluding hydrogens is 901 g/mol. The lowest BCUT2D eigenvalue weighted by Gasteiger charge is -2.22. The summed E-state index contributed by atoms with van der Waals surface area (Å²) in [6, 6.07) is 63.5. The predicted octanol–water partition coefficient (Wildman–Crippen LogP) is 17.8. The first-order valence-corrected chi connectivity index (χ1v) is 25.9.